The van der Waals surface area contributed by atoms with Crippen LogP contribution in [0.1, 0.15) is 13.8 Å². The van der Waals surface area contributed by atoms with Crippen molar-refractivity contribution in [2.45, 2.75) is 30.8 Å². The molecule has 1 atom stereocenters. The first-order valence-corrected chi connectivity index (χ1v) is 9.00. The van der Waals surface area contributed by atoms with Gasteiger partial charge in [-0.3, -0.25) is 14.2 Å². The van der Waals surface area contributed by atoms with Crippen molar-refractivity contribution in [1.82, 2.24) is 9.55 Å². The van der Waals surface area contributed by atoms with Gasteiger partial charge in [-0.25, -0.2) is 4.98 Å². The van der Waals surface area contributed by atoms with Gasteiger partial charge in [0, 0.05) is 12.2 Å². The zero-order valence-electron chi connectivity index (χ0n) is 14.1. The third kappa shape index (κ3) is 3.74. The van der Waals surface area contributed by atoms with Gasteiger partial charge >= 0.3 is 0 Å². The molecule has 0 saturated heterocycles. The molecular formula is C19H19N3O2S. The van der Waals surface area contributed by atoms with Gasteiger partial charge < -0.3 is 5.32 Å². The summed E-state index contributed by atoms with van der Waals surface area (Å²) in [6, 6.07) is 16.6. The molecule has 2 aromatic carbocycles. The van der Waals surface area contributed by atoms with Crippen molar-refractivity contribution in [2.24, 2.45) is 0 Å². The van der Waals surface area contributed by atoms with Crippen LogP contribution in [-0.4, -0.2) is 20.7 Å². The predicted octanol–water partition coefficient (Wildman–Crippen LogP) is 3.54. The lowest BCUT2D eigenvalue weighted by atomic mass is 10.2. The van der Waals surface area contributed by atoms with Crippen molar-refractivity contribution in [3.8, 4) is 0 Å². The maximum Gasteiger partial charge on any atom is 0.262 e. The fourth-order valence-electron chi connectivity index (χ4n) is 2.49. The van der Waals surface area contributed by atoms with Crippen LogP contribution in [0.25, 0.3) is 10.9 Å². The van der Waals surface area contributed by atoms with E-state index in [1.54, 1.807) is 10.6 Å². The van der Waals surface area contributed by atoms with Gasteiger partial charge in [0.1, 0.15) is 0 Å². The SMILES string of the molecule is CCn1c(SC(C)C(=O)Nc2ccccc2)nc2ccccc2c1=O. The van der Waals surface area contributed by atoms with Crippen LogP contribution in [0.3, 0.4) is 0 Å². The third-order valence-electron chi connectivity index (χ3n) is 3.84. The number of hydrogen-bond donors (Lipinski definition) is 1. The van der Waals surface area contributed by atoms with Crippen molar-refractivity contribution in [3.63, 3.8) is 0 Å². The van der Waals surface area contributed by atoms with Crippen LogP contribution < -0.4 is 10.9 Å². The summed E-state index contributed by atoms with van der Waals surface area (Å²) in [5, 5.41) is 3.64. The number of rotatable bonds is 5. The van der Waals surface area contributed by atoms with Crippen LogP contribution in [0.15, 0.2) is 64.5 Å². The second-order valence-corrected chi connectivity index (χ2v) is 6.88. The quantitative estimate of drug-likeness (QED) is 0.563. The minimum atomic E-state index is -0.383. The lowest BCUT2D eigenvalue weighted by Gasteiger charge is -2.15. The van der Waals surface area contributed by atoms with E-state index in [2.05, 4.69) is 10.3 Å². The Morgan fingerprint density at radius 2 is 1.84 bits per heavy atom. The first-order chi connectivity index (χ1) is 12.1. The fraction of sp³-hybridized carbons (Fsp3) is 0.211. The molecule has 128 valence electrons. The molecule has 0 aliphatic heterocycles. The molecule has 1 heterocycles. The number of amides is 1. The second kappa shape index (κ2) is 7.53. The fourth-order valence-corrected chi connectivity index (χ4v) is 3.47. The molecule has 0 fully saturated rings. The van der Waals surface area contributed by atoms with Gasteiger partial charge in [0.15, 0.2) is 5.16 Å². The summed E-state index contributed by atoms with van der Waals surface area (Å²) >= 11 is 1.29. The molecule has 25 heavy (non-hydrogen) atoms. The van der Waals surface area contributed by atoms with Crippen molar-refractivity contribution in [1.29, 1.82) is 0 Å². The van der Waals surface area contributed by atoms with E-state index in [1.807, 2.05) is 62.4 Å². The highest BCUT2D eigenvalue weighted by atomic mass is 32.2. The van der Waals surface area contributed by atoms with E-state index >= 15 is 0 Å². The Labute approximate surface area is 150 Å². The van der Waals surface area contributed by atoms with E-state index in [1.165, 1.54) is 11.8 Å². The average molecular weight is 353 g/mol. The average Bonchev–Trinajstić information content (AvgIpc) is 2.63. The summed E-state index contributed by atoms with van der Waals surface area (Å²) < 4.78 is 1.61. The van der Waals surface area contributed by atoms with E-state index in [0.717, 1.165) is 5.69 Å². The number of aromatic nitrogens is 2. The molecule has 0 bridgehead atoms. The molecule has 1 N–H and O–H groups in total. The Morgan fingerprint density at radius 1 is 1.16 bits per heavy atom. The van der Waals surface area contributed by atoms with Gasteiger partial charge in [0.2, 0.25) is 5.91 Å². The number of nitrogens with one attached hydrogen (secondary N) is 1. The molecule has 5 nitrogen and oxygen atoms in total. The van der Waals surface area contributed by atoms with E-state index < -0.39 is 0 Å². The number of anilines is 1. The minimum absolute atomic E-state index is 0.0775. The van der Waals surface area contributed by atoms with Crippen molar-refractivity contribution in [3.05, 3.63) is 65.0 Å². The van der Waals surface area contributed by atoms with E-state index in [-0.39, 0.29) is 16.7 Å². The Balaban J connectivity index is 1.86. The van der Waals surface area contributed by atoms with Gasteiger partial charge in [0.25, 0.3) is 5.56 Å². The highest BCUT2D eigenvalue weighted by Crippen LogP contribution is 2.23. The minimum Gasteiger partial charge on any atom is -0.325 e. The number of carbonyl (C=O) groups excluding carboxylic acids is 1. The molecule has 6 heteroatoms. The molecular weight excluding hydrogens is 334 g/mol. The van der Waals surface area contributed by atoms with Crippen LogP contribution >= 0.6 is 11.8 Å². The van der Waals surface area contributed by atoms with Gasteiger partial charge in [-0.15, -0.1) is 0 Å². The lowest BCUT2D eigenvalue weighted by Crippen LogP contribution is -2.26. The molecule has 0 radical (unpaired) electrons. The van der Waals surface area contributed by atoms with Crippen LogP contribution in [-0.2, 0) is 11.3 Å². The monoisotopic (exact) mass is 353 g/mol. The standard InChI is InChI=1S/C19H19N3O2S/c1-3-22-18(24)15-11-7-8-12-16(15)21-19(22)25-13(2)17(23)20-14-9-5-4-6-10-14/h4-13H,3H2,1-2H3,(H,20,23). The van der Waals surface area contributed by atoms with Crippen molar-refractivity contribution >= 4 is 34.3 Å². The topological polar surface area (TPSA) is 64.0 Å². The first kappa shape index (κ1) is 17.2. The van der Waals surface area contributed by atoms with Gasteiger partial charge in [-0.2, -0.15) is 0 Å². The zero-order chi connectivity index (χ0) is 17.8. The number of hydrogen-bond acceptors (Lipinski definition) is 4. The molecule has 3 rings (SSSR count). The van der Waals surface area contributed by atoms with Crippen molar-refractivity contribution in [2.75, 3.05) is 5.32 Å². The zero-order valence-corrected chi connectivity index (χ0v) is 14.9. The summed E-state index contributed by atoms with van der Waals surface area (Å²) in [6.07, 6.45) is 0. The number of fused-ring (bicyclic) bond motifs is 1. The maximum absolute atomic E-state index is 12.6. The van der Waals surface area contributed by atoms with Gasteiger partial charge in [-0.05, 0) is 38.1 Å². The maximum atomic E-state index is 12.6. The number of carbonyl (C=O) groups is 1. The Morgan fingerprint density at radius 3 is 2.56 bits per heavy atom. The van der Waals surface area contributed by atoms with Crippen LogP contribution in [0.5, 0.6) is 0 Å². The Hall–Kier alpha value is -2.60. The summed E-state index contributed by atoms with van der Waals surface area (Å²) in [7, 11) is 0. The summed E-state index contributed by atoms with van der Waals surface area (Å²) in [5.41, 5.74) is 1.32. The summed E-state index contributed by atoms with van der Waals surface area (Å²) in [6.45, 7) is 4.22. The Kier molecular flexibility index (Phi) is 5.19. The smallest absolute Gasteiger partial charge is 0.262 e. The molecule has 0 saturated carbocycles. The largest absolute Gasteiger partial charge is 0.325 e. The van der Waals surface area contributed by atoms with Crippen LogP contribution in [0.2, 0.25) is 0 Å². The third-order valence-corrected chi connectivity index (χ3v) is 4.93. The second-order valence-electron chi connectivity index (χ2n) is 5.58. The molecule has 0 spiro atoms. The lowest BCUT2D eigenvalue weighted by molar-refractivity contribution is -0.115. The first-order valence-electron chi connectivity index (χ1n) is 8.12. The molecule has 1 unspecified atom stereocenters. The summed E-state index contributed by atoms with van der Waals surface area (Å²) in [4.78, 5) is 29.6. The van der Waals surface area contributed by atoms with Crippen molar-refractivity contribution < 1.29 is 4.79 Å². The van der Waals surface area contributed by atoms with E-state index in [0.29, 0.717) is 22.6 Å². The molecule has 0 aliphatic carbocycles. The molecule has 0 aliphatic rings. The van der Waals surface area contributed by atoms with Crippen LogP contribution in [0, 0.1) is 0 Å². The highest BCUT2D eigenvalue weighted by molar-refractivity contribution is 8.00. The van der Waals surface area contributed by atoms with Gasteiger partial charge in [0.05, 0.1) is 16.2 Å². The molecule has 1 amide bonds. The Bertz CT molecular complexity index is 954. The number of nitrogens with zero attached hydrogens (tertiary/aromatic N) is 2. The number of benzene rings is 2. The normalized spacial score (nSPS) is 12.1. The van der Waals surface area contributed by atoms with Crippen LogP contribution in [0.4, 0.5) is 5.69 Å². The molecule has 1 aromatic heterocycles. The van der Waals surface area contributed by atoms with Gasteiger partial charge in [-0.1, -0.05) is 42.1 Å². The molecule has 3 aromatic rings. The summed E-state index contributed by atoms with van der Waals surface area (Å²) in [5.74, 6) is -0.124. The highest BCUT2D eigenvalue weighted by Gasteiger charge is 2.19. The number of para-hydroxylation sites is 2. The van der Waals surface area contributed by atoms with E-state index in [9.17, 15) is 9.59 Å². The number of thioether (sulfide) groups is 1. The van der Waals surface area contributed by atoms with E-state index in [4.69, 9.17) is 0 Å². The predicted molar refractivity (Wildman–Crippen MR) is 102 cm³/mol.